The molecular formula is C16H12MnN3O3S2-. The number of aryl methyl sites for hydroxylation is 1. The molecule has 2 heterocycles. The van der Waals surface area contributed by atoms with Gasteiger partial charge in [0, 0.05) is 22.6 Å². The van der Waals surface area contributed by atoms with Crippen molar-refractivity contribution in [3.8, 4) is 11.5 Å². The van der Waals surface area contributed by atoms with Crippen molar-refractivity contribution < 1.29 is 31.1 Å². The van der Waals surface area contributed by atoms with Crippen molar-refractivity contribution in [2.75, 3.05) is 11.1 Å². The summed E-state index contributed by atoms with van der Waals surface area (Å²) in [6.07, 6.45) is 1.78. The fraction of sp³-hybridized carbons (Fsp3) is 0.125. The first-order chi connectivity index (χ1) is 11.7. The molecule has 3 aromatic rings. The molecule has 0 aliphatic carbocycles. The molecule has 0 atom stereocenters. The number of carbonyl (C=O) groups is 1. The van der Waals surface area contributed by atoms with Gasteiger partial charge in [0.2, 0.25) is 11.8 Å². The Bertz CT molecular complexity index is 862. The summed E-state index contributed by atoms with van der Waals surface area (Å²) in [6, 6.07) is 9.33. The molecule has 2 aromatic heterocycles. The first-order valence-corrected chi connectivity index (χ1v) is 8.81. The quantitative estimate of drug-likeness (QED) is 0.379. The van der Waals surface area contributed by atoms with Crippen LogP contribution in [0.4, 0.5) is 5.00 Å². The summed E-state index contributed by atoms with van der Waals surface area (Å²) in [4.78, 5) is 22.6. The average Bonchev–Trinajstić information content (AvgIpc) is 3.22. The molecule has 0 saturated heterocycles. The predicted octanol–water partition coefficient (Wildman–Crippen LogP) is 3.29. The van der Waals surface area contributed by atoms with Crippen LogP contribution in [0.2, 0.25) is 0 Å². The Morgan fingerprint density at radius 1 is 1.28 bits per heavy atom. The zero-order valence-corrected chi connectivity index (χ0v) is 15.8. The number of benzene rings is 1. The van der Waals surface area contributed by atoms with Crippen molar-refractivity contribution >= 4 is 40.3 Å². The van der Waals surface area contributed by atoms with Gasteiger partial charge in [0.05, 0.1) is 12.0 Å². The smallest absolute Gasteiger partial charge is 0.277 e. The zero-order chi connectivity index (χ0) is 16.9. The standard InChI is InChI=1S/C16H12N3O3S2.Mn/c1-10-2-4-11(5-3-10)14-18-19-16(22-14)24-9-13(21)17-15-12(8-20)6-7-23-15;/h2-7H,9H2,1H3,(H,17,21);/q-1;. The molecule has 1 amide bonds. The molecule has 0 aliphatic heterocycles. The van der Waals surface area contributed by atoms with Gasteiger partial charge in [-0.1, -0.05) is 34.8 Å². The van der Waals surface area contributed by atoms with Gasteiger partial charge >= 0.3 is 0 Å². The van der Waals surface area contributed by atoms with Crippen molar-refractivity contribution in [2.45, 2.75) is 12.1 Å². The minimum Gasteiger partial charge on any atom is -0.411 e. The van der Waals surface area contributed by atoms with Gasteiger partial charge in [-0.25, -0.2) is 11.3 Å². The van der Waals surface area contributed by atoms with Gasteiger partial charge in [-0.3, -0.25) is 4.79 Å². The first-order valence-electron chi connectivity index (χ1n) is 6.94. The van der Waals surface area contributed by atoms with Crippen molar-refractivity contribution in [3.05, 3.63) is 46.8 Å². The van der Waals surface area contributed by atoms with E-state index in [1.807, 2.05) is 31.2 Å². The second-order valence-electron chi connectivity index (χ2n) is 4.84. The number of anilines is 1. The van der Waals surface area contributed by atoms with Gasteiger partial charge in [0.25, 0.3) is 5.22 Å². The topological polar surface area (TPSA) is 85.1 Å². The van der Waals surface area contributed by atoms with E-state index in [9.17, 15) is 9.59 Å². The van der Waals surface area contributed by atoms with Crippen LogP contribution in [0, 0.1) is 6.92 Å². The zero-order valence-electron chi connectivity index (χ0n) is 13.0. The molecule has 0 saturated carbocycles. The number of carbonyl (C=O) groups excluding carboxylic acids is 2. The van der Waals surface area contributed by atoms with Crippen LogP contribution < -0.4 is 5.32 Å². The summed E-state index contributed by atoms with van der Waals surface area (Å²) in [5.41, 5.74) is 2.32. The maximum atomic E-state index is 11.9. The minimum absolute atomic E-state index is 0. The van der Waals surface area contributed by atoms with E-state index in [1.54, 1.807) is 17.7 Å². The van der Waals surface area contributed by atoms with Crippen molar-refractivity contribution in [3.63, 3.8) is 0 Å². The summed E-state index contributed by atoms with van der Waals surface area (Å²) < 4.78 is 5.54. The Morgan fingerprint density at radius 3 is 2.76 bits per heavy atom. The van der Waals surface area contributed by atoms with Crippen LogP contribution in [0.15, 0.2) is 45.4 Å². The Hall–Kier alpha value is -1.93. The van der Waals surface area contributed by atoms with E-state index in [0.29, 0.717) is 21.7 Å². The monoisotopic (exact) mass is 413 g/mol. The maximum Gasteiger partial charge on any atom is 0.277 e. The number of nitrogens with zero attached hydrogens (tertiary/aromatic N) is 2. The van der Waals surface area contributed by atoms with Crippen LogP contribution in [0.1, 0.15) is 11.1 Å². The number of amides is 1. The molecule has 0 fully saturated rings. The SMILES string of the molecule is Cc1ccc(-c2nnc(SCC(=O)Nc3sccc3[C-]=O)o2)cc1.[Mn]. The predicted molar refractivity (Wildman–Crippen MR) is 92.9 cm³/mol. The molecule has 9 heteroatoms. The fourth-order valence-electron chi connectivity index (χ4n) is 1.86. The van der Waals surface area contributed by atoms with E-state index in [1.165, 1.54) is 11.3 Å². The summed E-state index contributed by atoms with van der Waals surface area (Å²) in [7, 11) is 0. The Morgan fingerprint density at radius 2 is 2.04 bits per heavy atom. The molecule has 0 bridgehead atoms. The third-order valence-electron chi connectivity index (χ3n) is 3.06. The van der Waals surface area contributed by atoms with E-state index < -0.39 is 0 Å². The Balaban J connectivity index is 0.00000225. The molecule has 6 nitrogen and oxygen atoms in total. The normalized spacial score (nSPS) is 10.1. The number of nitrogens with one attached hydrogen (secondary N) is 1. The first kappa shape index (κ1) is 19.4. The van der Waals surface area contributed by atoms with Gasteiger partial charge in [0.15, 0.2) is 0 Å². The number of thioether (sulfide) groups is 1. The van der Waals surface area contributed by atoms with Crippen LogP contribution in [-0.2, 0) is 26.7 Å². The fourth-order valence-corrected chi connectivity index (χ4v) is 3.17. The average molecular weight is 413 g/mol. The number of aromatic nitrogens is 2. The Labute approximate surface area is 162 Å². The van der Waals surface area contributed by atoms with E-state index in [4.69, 9.17) is 4.42 Å². The molecule has 1 radical (unpaired) electrons. The van der Waals surface area contributed by atoms with Crippen LogP contribution in [-0.4, -0.2) is 28.1 Å². The van der Waals surface area contributed by atoms with Gasteiger partial charge in [-0.05, 0) is 24.1 Å². The summed E-state index contributed by atoms with van der Waals surface area (Å²) in [6.45, 7) is 2.00. The molecule has 1 N–H and O–H groups in total. The van der Waals surface area contributed by atoms with Crippen LogP contribution in [0.25, 0.3) is 11.5 Å². The van der Waals surface area contributed by atoms with Gasteiger partial charge < -0.3 is 14.5 Å². The van der Waals surface area contributed by atoms with Crippen LogP contribution in [0.5, 0.6) is 0 Å². The largest absolute Gasteiger partial charge is 0.411 e. The van der Waals surface area contributed by atoms with E-state index >= 15 is 0 Å². The number of hydrogen-bond acceptors (Lipinski definition) is 7. The minimum atomic E-state index is -0.256. The second-order valence-corrected chi connectivity index (χ2v) is 6.68. The summed E-state index contributed by atoms with van der Waals surface area (Å²) >= 11 is 2.41. The molecule has 1 aromatic carbocycles. The third-order valence-corrected chi connectivity index (χ3v) is 4.71. The van der Waals surface area contributed by atoms with Crippen LogP contribution >= 0.6 is 23.1 Å². The van der Waals surface area contributed by atoms with Crippen molar-refractivity contribution in [1.29, 1.82) is 0 Å². The second kappa shape index (κ2) is 8.96. The number of rotatable bonds is 6. The van der Waals surface area contributed by atoms with Gasteiger partial charge in [0.1, 0.15) is 0 Å². The summed E-state index contributed by atoms with van der Waals surface area (Å²) in [5, 5.41) is 13.1. The van der Waals surface area contributed by atoms with Gasteiger partial charge in [-0.2, -0.15) is 0 Å². The van der Waals surface area contributed by atoms with Gasteiger partial charge in [-0.15, -0.1) is 21.8 Å². The van der Waals surface area contributed by atoms with E-state index in [2.05, 4.69) is 15.5 Å². The third kappa shape index (κ3) is 5.02. The molecule has 25 heavy (non-hydrogen) atoms. The van der Waals surface area contributed by atoms with E-state index in [0.717, 1.165) is 22.9 Å². The van der Waals surface area contributed by atoms with Crippen molar-refractivity contribution in [2.24, 2.45) is 0 Å². The summed E-state index contributed by atoms with van der Waals surface area (Å²) in [5.74, 6) is 0.258. The molecule has 129 valence electrons. The Kier molecular flexibility index (Phi) is 6.95. The van der Waals surface area contributed by atoms with E-state index in [-0.39, 0.29) is 28.7 Å². The molecular weight excluding hydrogens is 401 g/mol. The molecule has 0 aliphatic rings. The van der Waals surface area contributed by atoms with Crippen molar-refractivity contribution in [1.82, 2.24) is 10.2 Å². The maximum absolute atomic E-state index is 11.9. The molecule has 0 unspecified atom stereocenters. The molecule has 0 spiro atoms. The number of hydrogen-bond donors (Lipinski definition) is 1. The molecule has 3 rings (SSSR count). The van der Waals surface area contributed by atoms with Crippen LogP contribution in [0.3, 0.4) is 0 Å². The number of thiophene rings is 1.